The maximum Gasteiger partial charge on any atom is 0.208 e. The number of allylic oxidation sites excluding steroid dienone is 5. The molecule has 0 atom stereocenters. The molecule has 8 aromatic rings. The fourth-order valence-corrected chi connectivity index (χ4v) is 8.87. The standard InChI is InChI=1S/C50H38O5/c1-5-11-34-35-22-19-31(26-41(35)50(3,4)40(34)6-2)42-36-14-9-10-15-37(36)43(29-18-21-33-28(24-29)17-16-27-12-7-8-13-32(27)33)39-25-30(20-23-38(39)42)44-45(51)47(53)49(55)48(54)46(44)52/h5-26,51-55H,2H2,1,3-4H3/b11-5-. The van der Waals surface area contributed by atoms with E-state index in [2.05, 4.69) is 118 Å². The monoisotopic (exact) mass is 718 g/mol. The lowest BCUT2D eigenvalue weighted by Crippen LogP contribution is -2.16. The fourth-order valence-electron chi connectivity index (χ4n) is 8.87. The molecule has 0 saturated heterocycles. The molecule has 0 heterocycles. The number of phenolic OH excluding ortho intramolecular Hbond substituents is 5. The maximum absolute atomic E-state index is 11.0. The van der Waals surface area contributed by atoms with Crippen molar-refractivity contribution in [3.8, 4) is 62.1 Å². The van der Waals surface area contributed by atoms with Crippen LogP contribution in [-0.2, 0) is 5.41 Å². The van der Waals surface area contributed by atoms with Crippen LogP contribution in [-0.4, -0.2) is 25.5 Å². The van der Waals surface area contributed by atoms with Crippen LogP contribution in [0.15, 0.2) is 146 Å². The Morgan fingerprint density at radius 1 is 0.491 bits per heavy atom. The molecule has 268 valence electrons. The topological polar surface area (TPSA) is 101 Å². The zero-order chi connectivity index (χ0) is 38.3. The molecular weight excluding hydrogens is 681 g/mol. The summed E-state index contributed by atoms with van der Waals surface area (Å²) in [6.07, 6.45) is 6.18. The highest BCUT2D eigenvalue weighted by Crippen LogP contribution is 2.56. The third kappa shape index (κ3) is 4.86. The molecule has 5 N–H and O–H groups in total. The molecule has 0 saturated carbocycles. The van der Waals surface area contributed by atoms with E-state index in [1.807, 2.05) is 37.3 Å². The van der Waals surface area contributed by atoms with Gasteiger partial charge in [0.2, 0.25) is 17.2 Å². The van der Waals surface area contributed by atoms with E-state index in [-0.39, 0.29) is 11.0 Å². The number of rotatable bonds is 5. The Labute approximate surface area is 318 Å². The van der Waals surface area contributed by atoms with E-state index in [1.165, 1.54) is 33.0 Å². The van der Waals surface area contributed by atoms with Gasteiger partial charge in [0, 0.05) is 5.41 Å². The number of fused-ring (bicyclic) bond motifs is 6. The van der Waals surface area contributed by atoms with Gasteiger partial charge in [0.15, 0.2) is 11.5 Å². The highest BCUT2D eigenvalue weighted by molar-refractivity contribution is 6.23. The third-order valence-corrected chi connectivity index (χ3v) is 11.5. The van der Waals surface area contributed by atoms with E-state index in [0.29, 0.717) is 5.56 Å². The number of hydrogen-bond acceptors (Lipinski definition) is 5. The van der Waals surface area contributed by atoms with Crippen molar-refractivity contribution in [3.05, 3.63) is 157 Å². The van der Waals surface area contributed by atoms with E-state index < -0.39 is 28.7 Å². The lowest BCUT2D eigenvalue weighted by Gasteiger charge is -2.24. The number of hydrogen-bond donors (Lipinski definition) is 5. The average molecular weight is 719 g/mol. The highest BCUT2D eigenvalue weighted by atomic mass is 16.4. The average Bonchev–Trinajstić information content (AvgIpc) is 3.42. The predicted octanol–water partition coefficient (Wildman–Crippen LogP) is 12.6. The minimum atomic E-state index is -0.997. The zero-order valence-corrected chi connectivity index (χ0v) is 30.6. The van der Waals surface area contributed by atoms with Gasteiger partial charge < -0.3 is 25.5 Å². The van der Waals surface area contributed by atoms with Crippen molar-refractivity contribution in [3.63, 3.8) is 0 Å². The molecule has 0 aliphatic heterocycles. The lowest BCUT2D eigenvalue weighted by atomic mass is 9.79. The predicted molar refractivity (Wildman–Crippen MR) is 226 cm³/mol. The molecule has 1 aliphatic carbocycles. The number of aromatic hydroxyl groups is 5. The van der Waals surface area contributed by atoms with Gasteiger partial charge in [-0.15, -0.1) is 0 Å². The summed E-state index contributed by atoms with van der Waals surface area (Å²) in [6.45, 7) is 10.7. The summed E-state index contributed by atoms with van der Waals surface area (Å²) in [5.74, 6) is -4.32. The van der Waals surface area contributed by atoms with Crippen LogP contribution in [0.2, 0.25) is 0 Å². The molecule has 55 heavy (non-hydrogen) atoms. The van der Waals surface area contributed by atoms with E-state index in [4.69, 9.17) is 0 Å². The molecule has 5 heteroatoms. The third-order valence-electron chi connectivity index (χ3n) is 11.5. The molecular formula is C50H38O5. The van der Waals surface area contributed by atoms with Gasteiger partial charge in [0.1, 0.15) is 0 Å². The summed E-state index contributed by atoms with van der Waals surface area (Å²) in [6, 6.07) is 39.7. The van der Waals surface area contributed by atoms with Gasteiger partial charge in [-0.2, -0.15) is 0 Å². The summed E-state index contributed by atoms with van der Waals surface area (Å²) in [7, 11) is 0. The van der Waals surface area contributed by atoms with Crippen LogP contribution >= 0.6 is 0 Å². The van der Waals surface area contributed by atoms with Gasteiger partial charge in [0.25, 0.3) is 0 Å². The quantitative estimate of drug-likeness (QED) is 0.0528. The van der Waals surface area contributed by atoms with Crippen LogP contribution in [0.3, 0.4) is 0 Å². The molecule has 0 unspecified atom stereocenters. The Kier molecular flexibility index (Phi) is 7.56. The van der Waals surface area contributed by atoms with Crippen molar-refractivity contribution in [2.75, 3.05) is 0 Å². The molecule has 0 radical (unpaired) electrons. The first-order valence-corrected chi connectivity index (χ1v) is 18.3. The van der Waals surface area contributed by atoms with E-state index in [0.717, 1.165) is 54.6 Å². The Morgan fingerprint density at radius 3 is 1.67 bits per heavy atom. The molecule has 0 spiro atoms. The zero-order valence-electron chi connectivity index (χ0n) is 30.6. The van der Waals surface area contributed by atoms with Gasteiger partial charge in [-0.3, -0.25) is 0 Å². The molecule has 0 fully saturated rings. The van der Waals surface area contributed by atoms with Gasteiger partial charge in [-0.1, -0.05) is 136 Å². The summed E-state index contributed by atoms with van der Waals surface area (Å²) in [5.41, 5.74) is 8.57. The molecule has 9 rings (SSSR count). The summed E-state index contributed by atoms with van der Waals surface area (Å²) in [5, 5.41) is 61.7. The second-order valence-corrected chi connectivity index (χ2v) is 14.8. The first-order chi connectivity index (χ1) is 26.5. The molecule has 0 aromatic heterocycles. The SMILES string of the molecule is C=CC1=C(/C=C\C)c2ccc(-c3c4ccccc4c(-c4ccc5c(ccc6ccccc65)c4)c4cc(-c5c(O)c(O)c(O)c(O)c5O)ccc34)cc2C1(C)C. The lowest BCUT2D eigenvalue weighted by molar-refractivity contribution is 0.330. The van der Waals surface area contributed by atoms with Crippen LogP contribution < -0.4 is 0 Å². The first-order valence-electron chi connectivity index (χ1n) is 18.3. The Hall–Kier alpha value is -6.98. The van der Waals surface area contributed by atoms with E-state index in [9.17, 15) is 25.5 Å². The Morgan fingerprint density at radius 2 is 1.00 bits per heavy atom. The van der Waals surface area contributed by atoms with Gasteiger partial charge in [0.05, 0.1) is 5.56 Å². The van der Waals surface area contributed by atoms with Crippen molar-refractivity contribution >= 4 is 48.7 Å². The first kappa shape index (κ1) is 33.8. The van der Waals surface area contributed by atoms with Gasteiger partial charge in [-0.25, -0.2) is 0 Å². The van der Waals surface area contributed by atoms with Crippen molar-refractivity contribution in [1.82, 2.24) is 0 Å². The van der Waals surface area contributed by atoms with Crippen molar-refractivity contribution in [1.29, 1.82) is 0 Å². The molecule has 1 aliphatic rings. The summed E-state index contributed by atoms with van der Waals surface area (Å²) < 4.78 is 0. The van der Waals surface area contributed by atoms with E-state index >= 15 is 0 Å². The van der Waals surface area contributed by atoms with E-state index in [1.54, 1.807) is 6.07 Å². The summed E-state index contributed by atoms with van der Waals surface area (Å²) in [4.78, 5) is 0. The summed E-state index contributed by atoms with van der Waals surface area (Å²) >= 11 is 0. The molecule has 8 aromatic carbocycles. The van der Waals surface area contributed by atoms with Crippen molar-refractivity contribution in [2.45, 2.75) is 26.2 Å². The maximum atomic E-state index is 11.0. The number of benzene rings is 8. The van der Waals surface area contributed by atoms with Crippen LogP contribution in [0.5, 0.6) is 28.7 Å². The number of phenols is 5. The van der Waals surface area contributed by atoms with Crippen LogP contribution in [0.1, 0.15) is 31.9 Å². The highest BCUT2D eigenvalue weighted by Gasteiger charge is 2.36. The van der Waals surface area contributed by atoms with Gasteiger partial charge >= 0.3 is 0 Å². The minimum Gasteiger partial charge on any atom is -0.504 e. The normalized spacial score (nSPS) is 13.8. The smallest absolute Gasteiger partial charge is 0.208 e. The van der Waals surface area contributed by atoms with Crippen molar-refractivity contribution < 1.29 is 25.5 Å². The second-order valence-electron chi connectivity index (χ2n) is 14.8. The second kappa shape index (κ2) is 12.3. The van der Waals surface area contributed by atoms with Crippen LogP contribution in [0.4, 0.5) is 0 Å². The molecule has 0 amide bonds. The van der Waals surface area contributed by atoms with Crippen molar-refractivity contribution in [2.24, 2.45) is 0 Å². The molecule has 0 bridgehead atoms. The largest absolute Gasteiger partial charge is 0.504 e. The minimum absolute atomic E-state index is 0.195. The van der Waals surface area contributed by atoms with Crippen LogP contribution in [0.25, 0.3) is 82.0 Å². The van der Waals surface area contributed by atoms with Crippen LogP contribution in [0, 0.1) is 0 Å². The Balaban J connectivity index is 1.39. The molecule has 5 nitrogen and oxygen atoms in total. The van der Waals surface area contributed by atoms with Gasteiger partial charge in [-0.05, 0) is 118 Å². The Bertz CT molecular complexity index is 3010. The fraction of sp³-hybridized carbons (Fsp3) is 0.0800.